The van der Waals surface area contributed by atoms with Gasteiger partial charge in [0.15, 0.2) is 0 Å². The predicted octanol–water partition coefficient (Wildman–Crippen LogP) is 2.60. The minimum Gasteiger partial charge on any atom is -0.391 e. The van der Waals surface area contributed by atoms with Crippen molar-refractivity contribution in [2.24, 2.45) is 5.41 Å². The van der Waals surface area contributed by atoms with E-state index in [0.717, 1.165) is 16.9 Å². The lowest BCUT2D eigenvalue weighted by Crippen LogP contribution is -2.42. The predicted molar refractivity (Wildman–Crippen MR) is 78.8 cm³/mol. The zero-order valence-electron chi connectivity index (χ0n) is 12.4. The molecule has 1 unspecified atom stereocenters. The molecule has 0 bridgehead atoms. The van der Waals surface area contributed by atoms with E-state index in [-0.39, 0.29) is 18.1 Å². The Morgan fingerprint density at radius 3 is 2.32 bits per heavy atom. The van der Waals surface area contributed by atoms with Crippen LogP contribution in [0.3, 0.4) is 0 Å². The summed E-state index contributed by atoms with van der Waals surface area (Å²) in [4.78, 5) is 0.704. The molecule has 0 amide bonds. The Balaban J connectivity index is 3.16. The van der Waals surface area contributed by atoms with Crippen LogP contribution in [0, 0.1) is 12.3 Å². The maximum Gasteiger partial charge on any atom is 0.252 e. The van der Waals surface area contributed by atoms with E-state index in [0.29, 0.717) is 9.09 Å². The molecule has 0 spiro atoms. The molecule has 1 heterocycles. The smallest absolute Gasteiger partial charge is 0.252 e. The molecule has 4 nitrogen and oxygen atoms in total. The minimum absolute atomic E-state index is 0.113. The molecule has 1 rings (SSSR count). The number of rotatable bonds is 4. The van der Waals surface area contributed by atoms with Crippen molar-refractivity contribution in [2.75, 3.05) is 7.05 Å². The normalized spacial score (nSPS) is 14.9. The number of aryl methyl sites for hydroxylation is 1. The molecule has 1 aromatic heterocycles. The van der Waals surface area contributed by atoms with Gasteiger partial charge in [-0.3, -0.25) is 0 Å². The van der Waals surface area contributed by atoms with Gasteiger partial charge in [0.2, 0.25) is 0 Å². The fourth-order valence-electron chi connectivity index (χ4n) is 1.67. The molecule has 19 heavy (non-hydrogen) atoms. The molecule has 0 radical (unpaired) electrons. The SMILES string of the molecule is Cc1cc(S(=O)(=O)N(C)C(C)C(C)(C)C)sc1CO. The molecular weight excluding hydrogens is 282 g/mol. The van der Waals surface area contributed by atoms with Crippen molar-refractivity contribution in [3.63, 3.8) is 0 Å². The molecule has 0 aromatic carbocycles. The van der Waals surface area contributed by atoms with E-state index in [1.807, 2.05) is 34.6 Å². The lowest BCUT2D eigenvalue weighted by molar-refractivity contribution is 0.217. The topological polar surface area (TPSA) is 57.6 Å². The van der Waals surface area contributed by atoms with Crippen molar-refractivity contribution >= 4 is 21.4 Å². The first kappa shape index (κ1) is 16.6. The molecule has 1 N–H and O–H groups in total. The molecule has 0 aliphatic carbocycles. The van der Waals surface area contributed by atoms with Crippen LogP contribution >= 0.6 is 11.3 Å². The Labute approximate surface area is 120 Å². The molecule has 6 heteroatoms. The van der Waals surface area contributed by atoms with Gasteiger partial charge in [0.1, 0.15) is 4.21 Å². The average Bonchev–Trinajstić information content (AvgIpc) is 2.67. The fourth-order valence-corrected chi connectivity index (χ4v) is 4.85. The lowest BCUT2D eigenvalue weighted by atomic mass is 9.88. The summed E-state index contributed by atoms with van der Waals surface area (Å²) >= 11 is 1.14. The number of thiophene rings is 1. The second kappa shape index (κ2) is 5.52. The third-order valence-electron chi connectivity index (χ3n) is 3.57. The van der Waals surface area contributed by atoms with Crippen molar-refractivity contribution in [3.05, 3.63) is 16.5 Å². The molecule has 0 saturated carbocycles. The molecule has 0 aliphatic heterocycles. The molecule has 110 valence electrons. The number of nitrogens with zero attached hydrogens (tertiary/aromatic N) is 1. The Bertz CT molecular complexity index is 541. The summed E-state index contributed by atoms with van der Waals surface area (Å²) in [6.07, 6.45) is 0. The molecule has 0 fully saturated rings. The van der Waals surface area contributed by atoms with E-state index in [1.165, 1.54) is 4.31 Å². The van der Waals surface area contributed by atoms with Gasteiger partial charge in [0, 0.05) is 18.0 Å². The zero-order valence-corrected chi connectivity index (χ0v) is 14.0. The van der Waals surface area contributed by atoms with Crippen LogP contribution in [0.25, 0.3) is 0 Å². The van der Waals surface area contributed by atoms with Gasteiger partial charge in [-0.1, -0.05) is 20.8 Å². The van der Waals surface area contributed by atoms with E-state index < -0.39 is 10.0 Å². The number of hydrogen-bond acceptors (Lipinski definition) is 4. The first-order chi connectivity index (χ1) is 8.51. The van der Waals surface area contributed by atoms with Gasteiger partial charge in [-0.2, -0.15) is 4.31 Å². The van der Waals surface area contributed by atoms with Crippen molar-refractivity contribution < 1.29 is 13.5 Å². The van der Waals surface area contributed by atoms with E-state index >= 15 is 0 Å². The monoisotopic (exact) mass is 305 g/mol. The van der Waals surface area contributed by atoms with Crippen LogP contribution in [-0.2, 0) is 16.6 Å². The van der Waals surface area contributed by atoms with Crippen LogP contribution in [0.1, 0.15) is 38.1 Å². The van der Waals surface area contributed by atoms with Gasteiger partial charge in [-0.05, 0) is 30.9 Å². The van der Waals surface area contributed by atoms with Crippen molar-refractivity contribution in [2.45, 2.75) is 51.5 Å². The molecule has 0 saturated heterocycles. The van der Waals surface area contributed by atoms with Crippen LogP contribution in [-0.4, -0.2) is 30.9 Å². The number of hydrogen-bond donors (Lipinski definition) is 1. The number of aliphatic hydroxyl groups is 1. The molecule has 0 aliphatic rings. The van der Waals surface area contributed by atoms with Crippen LogP contribution in [0.5, 0.6) is 0 Å². The fraction of sp³-hybridized carbons (Fsp3) is 0.692. The Morgan fingerprint density at radius 2 is 1.95 bits per heavy atom. The Morgan fingerprint density at radius 1 is 1.42 bits per heavy atom. The Kier molecular flexibility index (Phi) is 4.83. The summed E-state index contributed by atoms with van der Waals surface area (Å²) in [5, 5.41) is 9.18. The first-order valence-electron chi connectivity index (χ1n) is 6.20. The summed E-state index contributed by atoms with van der Waals surface area (Å²) in [6, 6.07) is 1.52. The summed E-state index contributed by atoms with van der Waals surface area (Å²) < 4.78 is 26.8. The van der Waals surface area contributed by atoms with Gasteiger partial charge < -0.3 is 5.11 Å². The summed E-state index contributed by atoms with van der Waals surface area (Å²) in [5.41, 5.74) is 0.691. The highest BCUT2D eigenvalue weighted by atomic mass is 32.2. The zero-order chi connectivity index (χ0) is 15.0. The molecule has 1 atom stereocenters. The maximum absolute atomic E-state index is 12.6. The molecular formula is C13H23NO3S2. The Hall–Kier alpha value is -0.430. The number of aliphatic hydroxyl groups excluding tert-OH is 1. The standard InChI is InChI=1S/C13H23NO3S2/c1-9-7-12(18-11(9)8-15)19(16,17)14(6)10(2)13(3,4)5/h7,10,15H,8H2,1-6H3. The highest BCUT2D eigenvalue weighted by Crippen LogP contribution is 2.32. The quantitative estimate of drug-likeness (QED) is 0.930. The summed E-state index contributed by atoms with van der Waals surface area (Å²) in [6.45, 7) is 9.65. The van der Waals surface area contributed by atoms with Crippen LogP contribution in [0.4, 0.5) is 0 Å². The first-order valence-corrected chi connectivity index (χ1v) is 8.45. The third-order valence-corrected chi connectivity index (χ3v) is 7.17. The number of sulfonamides is 1. The van der Waals surface area contributed by atoms with Gasteiger partial charge >= 0.3 is 0 Å². The van der Waals surface area contributed by atoms with Crippen molar-refractivity contribution in [1.82, 2.24) is 4.31 Å². The van der Waals surface area contributed by atoms with Crippen LogP contribution in [0.15, 0.2) is 10.3 Å². The molecule has 1 aromatic rings. The minimum atomic E-state index is -3.49. The van der Waals surface area contributed by atoms with Gasteiger partial charge in [0.25, 0.3) is 10.0 Å². The van der Waals surface area contributed by atoms with Gasteiger partial charge in [0.05, 0.1) is 6.61 Å². The van der Waals surface area contributed by atoms with Crippen molar-refractivity contribution in [1.29, 1.82) is 0 Å². The summed E-state index contributed by atoms with van der Waals surface area (Å²) in [7, 11) is -1.88. The van der Waals surface area contributed by atoms with E-state index in [1.54, 1.807) is 13.1 Å². The average molecular weight is 305 g/mol. The second-order valence-corrected chi connectivity index (χ2v) is 9.25. The maximum atomic E-state index is 12.6. The third kappa shape index (κ3) is 3.37. The van der Waals surface area contributed by atoms with Crippen molar-refractivity contribution in [3.8, 4) is 0 Å². The van der Waals surface area contributed by atoms with Gasteiger partial charge in [-0.15, -0.1) is 11.3 Å². The van der Waals surface area contributed by atoms with E-state index in [2.05, 4.69) is 0 Å². The largest absolute Gasteiger partial charge is 0.391 e. The van der Waals surface area contributed by atoms with Crippen LogP contribution in [0.2, 0.25) is 0 Å². The van der Waals surface area contributed by atoms with E-state index in [9.17, 15) is 13.5 Å². The van der Waals surface area contributed by atoms with Crippen LogP contribution < -0.4 is 0 Å². The van der Waals surface area contributed by atoms with E-state index in [4.69, 9.17) is 0 Å². The lowest BCUT2D eigenvalue weighted by Gasteiger charge is -2.34. The highest BCUT2D eigenvalue weighted by molar-refractivity contribution is 7.91. The summed E-state index contributed by atoms with van der Waals surface area (Å²) in [5.74, 6) is 0. The highest BCUT2D eigenvalue weighted by Gasteiger charge is 2.33. The second-order valence-electron chi connectivity index (χ2n) is 5.89. The van der Waals surface area contributed by atoms with Gasteiger partial charge in [-0.25, -0.2) is 8.42 Å².